The molecule has 16 heavy (non-hydrogen) atoms. The molecule has 0 aliphatic rings. The summed E-state index contributed by atoms with van der Waals surface area (Å²) in [7, 11) is 2.99. The van der Waals surface area contributed by atoms with Gasteiger partial charge in [0.15, 0.2) is 11.5 Å². The van der Waals surface area contributed by atoms with Gasteiger partial charge in [-0.1, -0.05) is 11.6 Å². The molecule has 1 aromatic carbocycles. The molecule has 0 spiro atoms. The molecule has 1 rings (SSSR count). The van der Waals surface area contributed by atoms with Crippen LogP contribution in [0.2, 0.25) is 5.02 Å². The van der Waals surface area contributed by atoms with E-state index >= 15 is 0 Å². The van der Waals surface area contributed by atoms with E-state index in [-0.39, 0.29) is 12.3 Å². The SMILES string of the molecule is COc1cc(Cl)cc(C(C)(CN)OC)c1O. The lowest BCUT2D eigenvalue weighted by Gasteiger charge is -2.28. The molecule has 0 radical (unpaired) electrons. The highest BCUT2D eigenvalue weighted by Gasteiger charge is 2.29. The average molecular weight is 246 g/mol. The van der Waals surface area contributed by atoms with Crippen LogP contribution in [0.3, 0.4) is 0 Å². The fraction of sp³-hybridized carbons (Fsp3) is 0.455. The molecular formula is C11H16ClNO3. The van der Waals surface area contributed by atoms with Crippen LogP contribution in [0.4, 0.5) is 0 Å². The number of phenolic OH excluding ortho intramolecular Hbond substituents is 1. The number of hydrogen-bond acceptors (Lipinski definition) is 4. The van der Waals surface area contributed by atoms with E-state index in [4.69, 9.17) is 26.8 Å². The van der Waals surface area contributed by atoms with Crippen molar-refractivity contribution in [2.75, 3.05) is 20.8 Å². The standard InChI is InChI=1S/C11H16ClNO3/c1-11(6-13,16-3)8-4-7(12)5-9(15-2)10(8)14/h4-5,14H,6,13H2,1-3H3. The van der Waals surface area contributed by atoms with Gasteiger partial charge in [0.2, 0.25) is 0 Å². The van der Waals surface area contributed by atoms with E-state index in [1.165, 1.54) is 20.3 Å². The molecule has 0 saturated carbocycles. The van der Waals surface area contributed by atoms with Crippen molar-refractivity contribution < 1.29 is 14.6 Å². The second kappa shape index (κ2) is 4.91. The minimum absolute atomic E-state index is 0.00157. The van der Waals surface area contributed by atoms with Crippen molar-refractivity contribution in [2.24, 2.45) is 5.73 Å². The van der Waals surface area contributed by atoms with Crippen molar-refractivity contribution in [2.45, 2.75) is 12.5 Å². The van der Waals surface area contributed by atoms with Gasteiger partial charge >= 0.3 is 0 Å². The van der Waals surface area contributed by atoms with Crippen LogP contribution in [0.1, 0.15) is 12.5 Å². The lowest BCUT2D eigenvalue weighted by molar-refractivity contribution is 0.00802. The summed E-state index contributed by atoms with van der Waals surface area (Å²) in [5.74, 6) is 0.306. The minimum Gasteiger partial charge on any atom is -0.504 e. The first-order valence-corrected chi connectivity index (χ1v) is 5.18. The van der Waals surface area contributed by atoms with Crippen molar-refractivity contribution in [1.29, 1.82) is 0 Å². The summed E-state index contributed by atoms with van der Waals surface area (Å²) in [6.45, 7) is 2.00. The van der Waals surface area contributed by atoms with E-state index in [2.05, 4.69) is 0 Å². The highest BCUT2D eigenvalue weighted by Crippen LogP contribution is 2.40. The summed E-state index contributed by atoms with van der Waals surface area (Å²) in [6, 6.07) is 3.16. The monoisotopic (exact) mass is 245 g/mol. The predicted molar refractivity (Wildman–Crippen MR) is 63.1 cm³/mol. The Morgan fingerprint density at radius 1 is 1.44 bits per heavy atom. The number of aromatic hydroxyl groups is 1. The number of rotatable bonds is 4. The molecule has 5 heteroatoms. The van der Waals surface area contributed by atoms with Gasteiger partial charge in [0, 0.05) is 30.3 Å². The van der Waals surface area contributed by atoms with E-state index in [0.717, 1.165) is 0 Å². The topological polar surface area (TPSA) is 64.7 Å². The smallest absolute Gasteiger partial charge is 0.164 e. The Morgan fingerprint density at radius 2 is 2.06 bits per heavy atom. The first-order chi connectivity index (χ1) is 7.48. The van der Waals surface area contributed by atoms with Crippen LogP contribution in [-0.4, -0.2) is 25.9 Å². The van der Waals surface area contributed by atoms with Gasteiger partial charge in [-0.05, 0) is 13.0 Å². The third-order valence-electron chi connectivity index (χ3n) is 2.67. The Morgan fingerprint density at radius 3 is 2.50 bits per heavy atom. The third kappa shape index (κ3) is 2.24. The Bertz CT molecular complexity index is 378. The summed E-state index contributed by atoms with van der Waals surface area (Å²) in [5.41, 5.74) is 5.37. The number of ether oxygens (including phenoxy) is 2. The average Bonchev–Trinajstić information content (AvgIpc) is 2.30. The summed E-state index contributed by atoms with van der Waals surface area (Å²) >= 11 is 5.93. The normalized spacial score (nSPS) is 14.6. The molecule has 0 saturated heterocycles. The molecular weight excluding hydrogens is 230 g/mol. The van der Waals surface area contributed by atoms with Gasteiger partial charge in [0.05, 0.1) is 7.11 Å². The van der Waals surface area contributed by atoms with Gasteiger partial charge < -0.3 is 20.3 Å². The Balaban J connectivity index is 3.37. The van der Waals surface area contributed by atoms with Crippen LogP contribution in [-0.2, 0) is 10.3 Å². The van der Waals surface area contributed by atoms with Crippen molar-refractivity contribution in [3.05, 3.63) is 22.7 Å². The zero-order valence-corrected chi connectivity index (χ0v) is 10.3. The predicted octanol–water partition coefficient (Wildman–Crippen LogP) is 1.87. The van der Waals surface area contributed by atoms with Gasteiger partial charge in [-0.25, -0.2) is 0 Å². The number of hydrogen-bond donors (Lipinski definition) is 2. The van der Waals surface area contributed by atoms with Gasteiger partial charge in [0.25, 0.3) is 0 Å². The van der Waals surface area contributed by atoms with E-state index in [1.54, 1.807) is 13.0 Å². The first kappa shape index (κ1) is 13.1. The fourth-order valence-corrected chi connectivity index (χ4v) is 1.64. The summed E-state index contributed by atoms with van der Waals surface area (Å²) < 4.78 is 10.3. The van der Waals surface area contributed by atoms with Crippen LogP contribution in [0, 0.1) is 0 Å². The van der Waals surface area contributed by atoms with E-state index < -0.39 is 5.60 Å². The van der Waals surface area contributed by atoms with Crippen molar-refractivity contribution >= 4 is 11.6 Å². The molecule has 1 unspecified atom stereocenters. The number of nitrogens with two attached hydrogens (primary N) is 1. The van der Waals surface area contributed by atoms with E-state index in [0.29, 0.717) is 16.3 Å². The van der Waals surface area contributed by atoms with Gasteiger partial charge in [-0.15, -0.1) is 0 Å². The molecule has 1 atom stereocenters. The largest absolute Gasteiger partial charge is 0.504 e. The summed E-state index contributed by atoms with van der Waals surface area (Å²) in [5, 5.41) is 10.5. The van der Waals surface area contributed by atoms with Gasteiger partial charge in [-0.2, -0.15) is 0 Å². The van der Waals surface area contributed by atoms with Crippen LogP contribution in [0.15, 0.2) is 12.1 Å². The highest BCUT2D eigenvalue weighted by molar-refractivity contribution is 6.30. The van der Waals surface area contributed by atoms with Gasteiger partial charge in [-0.3, -0.25) is 0 Å². The van der Waals surface area contributed by atoms with Gasteiger partial charge in [0.1, 0.15) is 5.60 Å². The highest BCUT2D eigenvalue weighted by atomic mass is 35.5. The van der Waals surface area contributed by atoms with Crippen molar-refractivity contribution in [3.63, 3.8) is 0 Å². The number of halogens is 1. The molecule has 0 aliphatic heterocycles. The van der Waals surface area contributed by atoms with E-state index in [9.17, 15) is 5.11 Å². The van der Waals surface area contributed by atoms with Crippen LogP contribution in [0.25, 0.3) is 0 Å². The molecule has 0 heterocycles. The molecule has 0 aliphatic carbocycles. The maximum Gasteiger partial charge on any atom is 0.164 e. The summed E-state index contributed by atoms with van der Waals surface area (Å²) in [6.07, 6.45) is 0. The quantitative estimate of drug-likeness (QED) is 0.850. The van der Waals surface area contributed by atoms with Crippen molar-refractivity contribution in [3.8, 4) is 11.5 Å². The lowest BCUT2D eigenvalue weighted by atomic mass is 9.94. The second-order valence-electron chi connectivity index (χ2n) is 3.64. The molecule has 90 valence electrons. The van der Waals surface area contributed by atoms with Crippen LogP contribution in [0.5, 0.6) is 11.5 Å². The maximum atomic E-state index is 9.99. The van der Waals surface area contributed by atoms with Crippen LogP contribution >= 0.6 is 11.6 Å². The summed E-state index contributed by atoms with van der Waals surface area (Å²) in [4.78, 5) is 0. The Kier molecular flexibility index (Phi) is 4.02. The molecule has 0 amide bonds. The maximum absolute atomic E-state index is 9.99. The lowest BCUT2D eigenvalue weighted by Crippen LogP contribution is -2.33. The Hall–Kier alpha value is -0.970. The minimum atomic E-state index is -0.789. The molecule has 3 N–H and O–H groups in total. The Labute approximate surface area is 99.9 Å². The first-order valence-electron chi connectivity index (χ1n) is 4.80. The zero-order valence-electron chi connectivity index (χ0n) is 9.58. The molecule has 1 aromatic rings. The fourth-order valence-electron chi connectivity index (χ4n) is 1.44. The number of benzene rings is 1. The van der Waals surface area contributed by atoms with Crippen LogP contribution < -0.4 is 10.5 Å². The third-order valence-corrected chi connectivity index (χ3v) is 2.89. The number of methoxy groups -OCH3 is 2. The molecule has 0 bridgehead atoms. The molecule has 4 nitrogen and oxygen atoms in total. The number of phenols is 1. The molecule has 0 aromatic heterocycles. The second-order valence-corrected chi connectivity index (χ2v) is 4.08. The zero-order chi connectivity index (χ0) is 12.3. The molecule has 0 fully saturated rings. The van der Waals surface area contributed by atoms with E-state index in [1.807, 2.05) is 0 Å². The van der Waals surface area contributed by atoms with Crippen molar-refractivity contribution in [1.82, 2.24) is 0 Å².